The summed E-state index contributed by atoms with van der Waals surface area (Å²) in [6.07, 6.45) is 1.35. The quantitative estimate of drug-likeness (QED) is 0.726. The van der Waals surface area contributed by atoms with E-state index in [1.165, 1.54) is 6.20 Å². The highest BCUT2D eigenvalue weighted by atomic mass is 16.5. The van der Waals surface area contributed by atoms with Crippen molar-refractivity contribution in [2.75, 3.05) is 5.32 Å². The van der Waals surface area contributed by atoms with Crippen LogP contribution in [0.5, 0.6) is 0 Å². The molecule has 2 aromatic carbocycles. The van der Waals surface area contributed by atoms with E-state index in [4.69, 9.17) is 15.0 Å². The van der Waals surface area contributed by atoms with Crippen LogP contribution in [-0.4, -0.2) is 10.1 Å². The van der Waals surface area contributed by atoms with Crippen molar-refractivity contribution < 1.29 is 4.52 Å². The number of hydrogen-bond donors (Lipinski definition) is 1. The van der Waals surface area contributed by atoms with E-state index in [9.17, 15) is 0 Å². The number of hydrogen-bond acceptors (Lipinski definition) is 6. The second-order valence-corrected chi connectivity index (χ2v) is 5.30. The summed E-state index contributed by atoms with van der Waals surface area (Å²) in [6.45, 7) is 2.00. The van der Waals surface area contributed by atoms with Crippen LogP contribution in [0.3, 0.4) is 0 Å². The first-order valence-corrected chi connectivity index (χ1v) is 7.47. The zero-order valence-corrected chi connectivity index (χ0v) is 13.4. The third-order valence-electron chi connectivity index (χ3n) is 3.44. The van der Waals surface area contributed by atoms with Gasteiger partial charge in [0.2, 0.25) is 5.82 Å². The molecule has 3 rings (SSSR count). The zero-order chi connectivity index (χ0) is 17.6. The number of anilines is 1. The monoisotopic (exact) mass is 327 g/mol. The van der Waals surface area contributed by atoms with Gasteiger partial charge in [0.05, 0.1) is 0 Å². The van der Waals surface area contributed by atoms with Crippen LogP contribution in [0.2, 0.25) is 0 Å². The summed E-state index contributed by atoms with van der Waals surface area (Å²) in [7, 11) is 0. The molecule has 25 heavy (non-hydrogen) atoms. The van der Waals surface area contributed by atoms with Gasteiger partial charge in [-0.25, -0.2) is 0 Å². The van der Waals surface area contributed by atoms with Gasteiger partial charge in [-0.2, -0.15) is 15.5 Å². The summed E-state index contributed by atoms with van der Waals surface area (Å²) < 4.78 is 5.36. The van der Waals surface area contributed by atoms with E-state index in [0.717, 1.165) is 16.7 Å². The Bertz CT molecular complexity index is 1000. The van der Waals surface area contributed by atoms with Crippen molar-refractivity contribution in [2.45, 2.75) is 6.92 Å². The second kappa shape index (κ2) is 7.12. The number of nitriles is 2. The standard InChI is InChI=1S/C19H13N5O/c1-13-4-2-5-15(8-13)18-23-19(25-24-18)16-6-3-7-17(9-16)22-12-14(10-20)11-21/h2-9,12,22H,1H3. The Morgan fingerprint density at radius 3 is 2.60 bits per heavy atom. The Balaban J connectivity index is 1.86. The smallest absolute Gasteiger partial charge is 0.258 e. The van der Waals surface area contributed by atoms with Gasteiger partial charge in [0, 0.05) is 23.0 Å². The number of aromatic nitrogens is 2. The van der Waals surface area contributed by atoms with Gasteiger partial charge in [-0.15, -0.1) is 0 Å². The Morgan fingerprint density at radius 2 is 1.84 bits per heavy atom. The van der Waals surface area contributed by atoms with Gasteiger partial charge in [-0.1, -0.05) is 35.0 Å². The van der Waals surface area contributed by atoms with Crippen LogP contribution in [0.15, 0.2) is 64.8 Å². The minimum Gasteiger partial charge on any atom is -0.360 e. The summed E-state index contributed by atoms with van der Waals surface area (Å²) in [5.74, 6) is 0.915. The third kappa shape index (κ3) is 3.72. The van der Waals surface area contributed by atoms with Gasteiger partial charge in [0.15, 0.2) is 0 Å². The van der Waals surface area contributed by atoms with Crippen LogP contribution in [0.4, 0.5) is 5.69 Å². The molecule has 0 amide bonds. The highest BCUT2D eigenvalue weighted by Crippen LogP contribution is 2.24. The van der Waals surface area contributed by atoms with Gasteiger partial charge in [-0.3, -0.25) is 0 Å². The fourth-order valence-electron chi connectivity index (χ4n) is 2.23. The summed E-state index contributed by atoms with van der Waals surface area (Å²) in [4.78, 5) is 4.43. The maximum Gasteiger partial charge on any atom is 0.258 e. The summed E-state index contributed by atoms with van der Waals surface area (Å²) in [6, 6.07) is 18.7. The van der Waals surface area contributed by atoms with Crippen molar-refractivity contribution in [3.63, 3.8) is 0 Å². The van der Waals surface area contributed by atoms with Crippen LogP contribution in [0, 0.1) is 29.6 Å². The fourth-order valence-corrected chi connectivity index (χ4v) is 2.23. The number of rotatable bonds is 4. The highest BCUT2D eigenvalue weighted by Gasteiger charge is 2.11. The topological polar surface area (TPSA) is 98.5 Å². The van der Waals surface area contributed by atoms with Gasteiger partial charge >= 0.3 is 0 Å². The van der Waals surface area contributed by atoms with Crippen molar-refractivity contribution in [1.29, 1.82) is 10.5 Å². The van der Waals surface area contributed by atoms with Crippen molar-refractivity contribution in [1.82, 2.24) is 10.1 Å². The lowest BCUT2D eigenvalue weighted by Gasteiger charge is -2.01. The third-order valence-corrected chi connectivity index (χ3v) is 3.44. The van der Waals surface area contributed by atoms with E-state index in [0.29, 0.717) is 17.4 Å². The highest BCUT2D eigenvalue weighted by molar-refractivity contribution is 5.64. The lowest BCUT2D eigenvalue weighted by Crippen LogP contribution is -1.90. The van der Waals surface area contributed by atoms with Crippen LogP contribution in [-0.2, 0) is 0 Å². The first kappa shape index (κ1) is 16.0. The normalized spacial score (nSPS) is 9.72. The molecule has 0 aliphatic rings. The van der Waals surface area contributed by atoms with E-state index in [1.807, 2.05) is 49.4 Å². The van der Waals surface area contributed by atoms with Gasteiger partial charge < -0.3 is 9.84 Å². The SMILES string of the molecule is Cc1cccc(-c2noc(-c3cccc(NC=C(C#N)C#N)c3)n2)c1. The molecule has 3 aromatic rings. The number of aryl methyl sites for hydroxylation is 1. The minimum absolute atomic E-state index is 0.00933. The molecule has 0 unspecified atom stereocenters. The summed E-state index contributed by atoms with van der Waals surface area (Å²) in [5.41, 5.74) is 3.44. The molecular formula is C19H13N5O. The second-order valence-electron chi connectivity index (χ2n) is 5.30. The number of nitrogens with one attached hydrogen (secondary N) is 1. The molecule has 6 heteroatoms. The number of nitrogens with zero attached hydrogens (tertiary/aromatic N) is 4. The predicted molar refractivity (Wildman–Crippen MR) is 92.8 cm³/mol. The van der Waals surface area contributed by atoms with Crippen LogP contribution >= 0.6 is 0 Å². The fraction of sp³-hybridized carbons (Fsp3) is 0.0526. The molecule has 6 nitrogen and oxygen atoms in total. The average Bonchev–Trinajstić information content (AvgIpc) is 3.13. The Labute approximate surface area is 144 Å². The van der Waals surface area contributed by atoms with Crippen LogP contribution in [0.25, 0.3) is 22.8 Å². The zero-order valence-electron chi connectivity index (χ0n) is 13.4. The lowest BCUT2D eigenvalue weighted by atomic mass is 10.1. The molecule has 1 aromatic heterocycles. The van der Waals surface area contributed by atoms with E-state index in [1.54, 1.807) is 18.2 Å². The Morgan fingerprint density at radius 1 is 1.08 bits per heavy atom. The molecule has 0 saturated carbocycles. The number of allylic oxidation sites excluding steroid dienone is 1. The maximum atomic E-state index is 8.75. The molecule has 0 aliphatic heterocycles. The van der Waals surface area contributed by atoms with Gasteiger partial charge in [0.1, 0.15) is 17.7 Å². The van der Waals surface area contributed by atoms with Gasteiger partial charge in [-0.05, 0) is 31.2 Å². The Kier molecular flexibility index (Phi) is 4.55. The van der Waals surface area contributed by atoms with Crippen LogP contribution < -0.4 is 5.32 Å². The lowest BCUT2D eigenvalue weighted by molar-refractivity contribution is 0.432. The van der Waals surface area contributed by atoms with E-state index >= 15 is 0 Å². The van der Waals surface area contributed by atoms with E-state index in [2.05, 4.69) is 15.5 Å². The molecular weight excluding hydrogens is 314 g/mol. The minimum atomic E-state index is -0.00933. The molecule has 120 valence electrons. The van der Waals surface area contributed by atoms with Crippen molar-refractivity contribution >= 4 is 5.69 Å². The molecule has 0 radical (unpaired) electrons. The molecule has 0 atom stereocenters. The first-order valence-electron chi connectivity index (χ1n) is 7.47. The Hall–Kier alpha value is -3.90. The van der Waals surface area contributed by atoms with E-state index in [-0.39, 0.29) is 5.57 Å². The average molecular weight is 327 g/mol. The number of benzene rings is 2. The molecule has 0 bridgehead atoms. The molecule has 0 aliphatic carbocycles. The molecule has 0 saturated heterocycles. The maximum absolute atomic E-state index is 8.75. The van der Waals surface area contributed by atoms with Gasteiger partial charge in [0.25, 0.3) is 5.89 Å². The van der Waals surface area contributed by atoms with Crippen molar-refractivity contribution in [3.8, 4) is 35.0 Å². The molecule has 1 N–H and O–H groups in total. The summed E-state index contributed by atoms with van der Waals surface area (Å²) in [5, 5.41) is 24.4. The predicted octanol–water partition coefficient (Wildman–Crippen LogP) is 4.05. The molecule has 0 spiro atoms. The molecule has 1 heterocycles. The first-order chi connectivity index (χ1) is 12.2. The van der Waals surface area contributed by atoms with Crippen molar-refractivity contribution in [3.05, 3.63) is 65.9 Å². The summed E-state index contributed by atoms with van der Waals surface area (Å²) >= 11 is 0. The van der Waals surface area contributed by atoms with Crippen molar-refractivity contribution in [2.24, 2.45) is 0 Å². The van der Waals surface area contributed by atoms with E-state index < -0.39 is 0 Å². The largest absolute Gasteiger partial charge is 0.360 e. The molecule has 0 fully saturated rings. The van der Waals surface area contributed by atoms with Crippen LogP contribution in [0.1, 0.15) is 5.56 Å².